The van der Waals surface area contributed by atoms with E-state index in [9.17, 15) is 4.79 Å². The lowest BCUT2D eigenvalue weighted by Gasteiger charge is -2.21. The van der Waals surface area contributed by atoms with Crippen LogP contribution in [-0.4, -0.2) is 27.5 Å². The maximum atomic E-state index is 13.0. The van der Waals surface area contributed by atoms with E-state index in [-0.39, 0.29) is 11.9 Å². The highest BCUT2D eigenvalue weighted by Gasteiger charge is 2.35. The van der Waals surface area contributed by atoms with E-state index in [0.29, 0.717) is 28.2 Å². The van der Waals surface area contributed by atoms with Crippen molar-refractivity contribution in [1.29, 1.82) is 0 Å². The van der Waals surface area contributed by atoms with Crippen LogP contribution in [0.15, 0.2) is 28.8 Å². The molecule has 7 heteroatoms. The van der Waals surface area contributed by atoms with Crippen LogP contribution in [0, 0.1) is 6.92 Å². The van der Waals surface area contributed by atoms with Crippen LogP contribution in [0.5, 0.6) is 0 Å². The van der Waals surface area contributed by atoms with Crippen LogP contribution in [-0.2, 0) is 0 Å². The molecule has 1 aromatic carbocycles. The van der Waals surface area contributed by atoms with E-state index < -0.39 is 0 Å². The number of nitrogens with zero attached hydrogens (tertiary/aromatic N) is 3. The van der Waals surface area contributed by atoms with Gasteiger partial charge in [-0.05, 0) is 25.8 Å². The number of benzene rings is 1. The first-order chi connectivity index (χ1) is 11.1. The van der Waals surface area contributed by atoms with E-state index in [0.717, 1.165) is 22.9 Å². The highest BCUT2D eigenvalue weighted by atomic mass is 35.5. The molecule has 1 unspecified atom stereocenters. The fourth-order valence-electron chi connectivity index (χ4n) is 3.00. The average molecular weight is 348 g/mol. The van der Waals surface area contributed by atoms with Crippen LogP contribution in [0.4, 0.5) is 0 Å². The van der Waals surface area contributed by atoms with Gasteiger partial charge in [0.25, 0.3) is 5.91 Å². The first-order valence-electron chi connectivity index (χ1n) is 7.43. The lowest BCUT2D eigenvalue weighted by atomic mass is 10.2. The summed E-state index contributed by atoms with van der Waals surface area (Å²) >= 11 is 7.87. The fourth-order valence-corrected chi connectivity index (χ4v) is 4.47. The number of rotatable bonds is 2. The second-order valence-corrected chi connectivity index (χ2v) is 7.01. The number of fused-ring (bicyclic) bond motifs is 1. The first kappa shape index (κ1) is 14.7. The minimum absolute atomic E-state index is 0.0606. The van der Waals surface area contributed by atoms with Crippen molar-refractivity contribution in [2.75, 3.05) is 6.54 Å². The van der Waals surface area contributed by atoms with Gasteiger partial charge in [0.15, 0.2) is 5.82 Å². The maximum absolute atomic E-state index is 13.0. The second kappa shape index (κ2) is 5.62. The molecule has 0 aliphatic carbocycles. The largest absolute Gasteiger partial charge is 0.337 e. The molecular weight excluding hydrogens is 334 g/mol. The van der Waals surface area contributed by atoms with E-state index >= 15 is 0 Å². The van der Waals surface area contributed by atoms with Gasteiger partial charge in [-0.2, -0.15) is 4.98 Å². The Kier molecular flexibility index (Phi) is 3.58. The molecule has 23 heavy (non-hydrogen) atoms. The molecule has 5 nitrogen and oxygen atoms in total. The van der Waals surface area contributed by atoms with E-state index in [4.69, 9.17) is 16.1 Å². The zero-order valence-electron chi connectivity index (χ0n) is 12.5. The van der Waals surface area contributed by atoms with Gasteiger partial charge in [0, 0.05) is 16.6 Å². The van der Waals surface area contributed by atoms with Crippen molar-refractivity contribution in [2.45, 2.75) is 25.8 Å². The third-order valence-corrected chi connectivity index (χ3v) is 5.73. The molecule has 1 amide bonds. The van der Waals surface area contributed by atoms with Crippen molar-refractivity contribution >= 4 is 38.9 Å². The monoisotopic (exact) mass is 347 g/mol. The van der Waals surface area contributed by atoms with Crippen LogP contribution < -0.4 is 0 Å². The smallest absolute Gasteiger partial charge is 0.266 e. The Hall–Kier alpha value is -1.92. The third-order valence-electron chi connectivity index (χ3n) is 4.07. The summed E-state index contributed by atoms with van der Waals surface area (Å²) in [5, 5.41) is 5.29. The van der Waals surface area contributed by atoms with Crippen LogP contribution in [0.2, 0.25) is 5.02 Å². The molecule has 1 saturated heterocycles. The van der Waals surface area contributed by atoms with E-state index in [1.54, 1.807) is 11.8 Å². The van der Waals surface area contributed by atoms with Gasteiger partial charge in [0.2, 0.25) is 5.89 Å². The Bertz CT molecular complexity index is 888. The lowest BCUT2D eigenvalue weighted by Crippen LogP contribution is -2.30. The van der Waals surface area contributed by atoms with Gasteiger partial charge in [-0.25, -0.2) is 0 Å². The molecule has 1 fully saturated rings. The number of carbonyl (C=O) groups excluding carboxylic acids is 1. The molecule has 1 aliphatic heterocycles. The number of thiophene rings is 1. The number of hydrogen-bond acceptors (Lipinski definition) is 5. The normalized spacial score (nSPS) is 18.0. The van der Waals surface area contributed by atoms with Gasteiger partial charge in [-0.3, -0.25) is 4.79 Å². The summed E-state index contributed by atoms with van der Waals surface area (Å²) < 4.78 is 6.29. The second-order valence-electron chi connectivity index (χ2n) is 5.58. The Morgan fingerprint density at radius 3 is 3.00 bits per heavy atom. The van der Waals surface area contributed by atoms with Gasteiger partial charge in [-0.15, -0.1) is 11.3 Å². The molecule has 0 N–H and O–H groups in total. The molecule has 0 radical (unpaired) electrons. The fraction of sp³-hybridized carbons (Fsp3) is 0.312. The minimum Gasteiger partial charge on any atom is -0.337 e. The van der Waals surface area contributed by atoms with Gasteiger partial charge in [0.05, 0.1) is 5.02 Å². The van der Waals surface area contributed by atoms with Crippen molar-refractivity contribution in [2.24, 2.45) is 0 Å². The van der Waals surface area contributed by atoms with Gasteiger partial charge in [0.1, 0.15) is 10.9 Å². The Labute approximate surface area is 141 Å². The van der Waals surface area contributed by atoms with E-state index in [2.05, 4.69) is 10.1 Å². The topological polar surface area (TPSA) is 59.2 Å². The first-order valence-corrected chi connectivity index (χ1v) is 8.63. The van der Waals surface area contributed by atoms with Crippen LogP contribution in [0.25, 0.3) is 10.1 Å². The summed E-state index contributed by atoms with van der Waals surface area (Å²) in [6.45, 7) is 2.45. The minimum atomic E-state index is -0.162. The summed E-state index contributed by atoms with van der Waals surface area (Å²) in [6, 6.07) is 7.63. The molecular formula is C16H14ClN3O2S. The maximum Gasteiger partial charge on any atom is 0.266 e. The van der Waals surface area contributed by atoms with Gasteiger partial charge < -0.3 is 9.42 Å². The highest BCUT2D eigenvalue weighted by molar-refractivity contribution is 7.21. The van der Waals surface area contributed by atoms with Gasteiger partial charge >= 0.3 is 0 Å². The molecule has 2 aromatic heterocycles. The number of hydrogen-bond donors (Lipinski definition) is 0. The Morgan fingerprint density at radius 1 is 1.43 bits per heavy atom. The predicted octanol–water partition coefficient (Wildman–Crippen LogP) is 4.22. The van der Waals surface area contributed by atoms with Crippen LogP contribution in [0.3, 0.4) is 0 Å². The van der Waals surface area contributed by atoms with Crippen molar-refractivity contribution in [3.05, 3.63) is 45.9 Å². The van der Waals surface area contributed by atoms with E-state index in [1.165, 1.54) is 11.3 Å². The van der Waals surface area contributed by atoms with Gasteiger partial charge in [-0.1, -0.05) is 35.0 Å². The molecule has 3 aromatic rings. The number of aromatic nitrogens is 2. The SMILES string of the molecule is Cc1noc(C2CCCN2C(=O)c2sc3ccccc3c2Cl)n1. The lowest BCUT2D eigenvalue weighted by molar-refractivity contribution is 0.0715. The molecule has 118 valence electrons. The van der Waals surface area contributed by atoms with Crippen molar-refractivity contribution in [1.82, 2.24) is 15.0 Å². The quantitative estimate of drug-likeness (QED) is 0.696. The van der Waals surface area contributed by atoms with Crippen LogP contribution >= 0.6 is 22.9 Å². The highest BCUT2D eigenvalue weighted by Crippen LogP contribution is 2.39. The molecule has 3 heterocycles. The average Bonchev–Trinajstić information content (AvgIpc) is 3.26. The third kappa shape index (κ3) is 2.42. The van der Waals surface area contributed by atoms with Crippen molar-refractivity contribution < 1.29 is 9.32 Å². The summed E-state index contributed by atoms with van der Waals surface area (Å²) in [7, 11) is 0. The summed E-state index contributed by atoms with van der Waals surface area (Å²) in [6.07, 6.45) is 1.75. The molecule has 1 aliphatic rings. The predicted molar refractivity (Wildman–Crippen MR) is 88.9 cm³/mol. The molecule has 0 bridgehead atoms. The number of aryl methyl sites for hydroxylation is 1. The summed E-state index contributed by atoms with van der Waals surface area (Å²) in [5.41, 5.74) is 0. The number of amides is 1. The summed E-state index contributed by atoms with van der Waals surface area (Å²) in [4.78, 5) is 19.6. The molecule has 0 saturated carbocycles. The Balaban J connectivity index is 1.71. The summed E-state index contributed by atoms with van der Waals surface area (Å²) in [5.74, 6) is 1.03. The Morgan fingerprint density at radius 2 is 2.26 bits per heavy atom. The number of carbonyl (C=O) groups is 1. The van der Waals surface area contributed by atoms with Crippen molar-refractivity contribution in [3.63, 3.8) is 0 Å². The molecule has 1 atom stereocenters. The standard InChI is InChI=1S/C16H14ClN3O2S/c1-9-18-15(22-19-9)11-6-4-8-20(11)16(21)14-13(17)10-5-2-3-7-12(10)23-14/h2-3,5,7,11H,4,6,8H2,1H3. The molecule has 4 rings (SSSR count). The van der Waals surface area contributed by atoms with Crippen molar-refractivity contribution in [3.8, 4) is 0 Å². The zero-order valence-corrected chi connectivity index (χ0v) is 14.0. The van der Waals surface area contributed by atoms with Crippen LogP contribution in [0.1, 0.15) is 40.3 Å². The molecule has 0 spiro atoms. The zero-order chi connectivity index (χ0) is 16.0. The number of halogens is 1. The number of likely N-dealkylation sites (tertiary alicyclic amines) is 1. The van der Waals surface area contributed by atoms with E-state index in [1.807, 2.05) is 24.3 Å².